The summed E-state index contributed by atoms with van der Waals surface area (Å²) < 4.78 is 16.7. The van der Waals surface area contributed by atoms with Gasteiger partial charge in [-0.15, -0.1) is 0 Å². The summed E-state index contributed by atoms with van der Waals surface area (Å²) in [5, 5.41) is 0. The van der Waals surface area contributed by atoms with Crippen LogP contribution >= 0.6 is 0 Å². The smallest absolute Gasteiger partial charge is 0.306 e. The van der Waals surface area contributed by atoms with E-state index in [1.807, 2.05) is 0 Å². The van der Waals surface area contributed by atoms with Gasteiger partial charge in [0.25, 0.3) is 0 Å². The van der Waals surface area contributed by atoms with Crippen LogP contribution in [0, 0.1) is 11.8 Å². The van der Waals surface area contributed by atoms with Crippen molar-refractivity contribution in [3.8, 4) is 0 Å². The number of esters is 3. The molecule has 0 aromatic heterocycles. The Morgan fingerprint density at radius 1 is 0.352 bits per heavy atom. The van der Waals surface area contributed by atoms with E-state index in [1.165, 1.54) is 148 Å². The Hall–Kier alpha value is -1.59. The maximum atomic E-state index is 12.7. The number of hydrogen-bond acceptors (Lipinski definition) is 6. The third-order valence-electron chi connectivity index (χ3n) is 10.7. The van der Waals surface area contributed by atoms with Crippen LogP contribution in [0.1, 0.15) is 259 Å². The van der Waals surface area contributed by atoms with Crippen LogP contribution in [-0.2, 0) is 28.6 Å². The van der Waals surface area contributed by atoms with Gasteiger partial charge in [-0.25, -0.2) is 0 Å². The fraction of sp³-hybridized carbons (Fsp3) is 0.938. The van der Waals surface area contributed by atoms with Crippen molar-refractivity contribution < 1.29 is 28.6 Å². The van der Waals surface area contributed by atoms with Crippen LogP contribution in [0.15, 0.2) is 0 Å². The zero-order chi connectivity index (χ0) is 39.7. The minimum absolute atomic E-state index is 0.0651. The van der Waals surface area contributed by atoms with Crippen LogP contribution in [0.2, 0.25) is 0 Å². The molecule has 0 radical (unpaired) electrons. The molecule has 0 aromatic rings. The molecule has 0 N–H and O–H groups in total. The SMILES string of the molecule is CCCCCCCCCCCC(=O)OC[C@H](COC(=O)CCCCCCCCCCCCCCCCC(C)C)OC(=O)CCCCCCCCCC(C)C. The minimum Gasteiger partial charge on any atom is -0.462 e. The van der Waals surface area contributed by atoms with E-state index in [9.17, 15) is 14.4 Å². The molecule has 0 unspecified atom stereocenters. The summed E-state index contributed by atoms with van der Waals surface area (Å²) in [6.07, 6.45) is 39.6. The van der Waals surface area contributed by atoms with E-state index in [0.29, 0.717) is 19.3 Å². The van der Waals surface area contributed by atoms with E-state index in [1.54, 1.807) is 0 Å². The third-order valence-corrected chi connectivity index (χ3v) is 10.7. The Balaban J connectivity index is 4.24. The first-order chi connectivity index (χ1) is 26.2. The molecule has 320 valence electrons. The summed E-state index contributed by atoms with van der Waals surface area (Å²) in [6.45, 7) is 11.3. The predicted molar refractivity (Wildman–Crippen MR) is 229 cm³/mol. The second-order valence-corrected chi connectivity index (χ2v) is 17.3. The van der Waals surface area contributed by atoms with Gasteiger partial charge in [0.2, 0.25) is 0 Å². The molecule has 0 aliphatic heterocycles. The maximum Gasteiger partial charge on any atom is 0.306 e. The summed E-state index contributed by atoms with van der Waals surface area (Å²) in [6, 6.07) is 0. The minimum atomic E-state index is -0.760. The molecule has 0 bridgehead atoms. The lowest BCUT2D eigenvalue weighted by atomic mass is 10.0. The fourth-order valence-corrected chi connectivity index (χ4v) is 7.11. The van der Waals surface area contributed by atoms with E-state index in [2.05, 4.69) is 34.6 Å². The van der Waals surface area contributed by atoms with Gasteiger partial charge in [-0.2, -0.15) is 0 Å². The Morgan fingerprint density at radius 2 is 0.611 bits per heavy atom. The number of ether oxygens (including phenoxy) is 3. The quantitative estimate of drug-likeness (QED) is 0.0350. The standard InChI is InChI=1S/C48H92O6/c1-6-7-8-9-10-17-23-28-33-38-46(49)52-41-45(54-48(51)40-35-30-25-20-22-27-32-37-44(4)5)42-53-47(50)39-34-29-24-19-16-14-12-11-13-15-18-21-26-31-36-43(2)3/h43-45H,6-42H2,1-5H3/t45-/m1/s1. The van der Waals surface area contributed by atoms with Gasteiger partial charge >= 0.3 is 17.9 Å². The lowest BCUT2D eigenvalue weighted by Crippen LogP contribution is -2.30. The van der Waals surface area contributed by atoms with E-state index in [4.69, 9.17) is 14.2 Å². The van der Waals surface area contributed by atoms with Gasteiger partial charge in [0.05, 0.1) is 0 Å². The van der Waals surface area contributed by atoms with Gasteiger partial charge in [0, 0.05) is 19.3 Å². The molecule has 0 rings (SSSR count). The van der Waals surface area contributed by atoms with Crippen molar-refractivity contribution in [2.45, 2.75) is 265 Å². The zero-order valence-electron chi connectivity index (χ0n) is 36.8. The molecule has 6 heteroatoms. The van der Waals surface area contributed by atoms with E-state index in [0.717, 1.165) is 69.6 Å². The zero-order valence-corrected chi connectivity index (χ0v) is 36.8. The molecule has 0 spiro atoms. The molecule has 0 aromatic carbocycles. The number of carbonyl (C=O) groups is 3. The van der Waals surface area contributed by atoms with Gasteiger partial charge in [-0.05, 0) is 31.1 Å². The summed E-state index contributed by atoms with van der Waals surface area (Å²) in [4.78, 5) is 37.7. The second kappa shape index (κ2) is 41.1. The second-order valence-electron chi connectivity index (χ2n) is 17.3. The number of carbonyl (C=O) groups excluding carboxylic acids is 3. The lowest BCUT2D eigenvalue weighted by molar-refractivity contribution is -0.167. The van der Waals surface area contributed by atoms with Crippen LogP contribution in [0.5, 0.6) is 0 Å². The lowest BCUT2D eigenvalue weighted by Gasteiger charge is -2.18. The summed E-state index contributed by atoms with van der Waals surface area (Å²) in [5.41, 5.74) is 0. The van der Waals surface area contributed by atoms with Crippen molar-refractivity contribution in [2.75, 3.05) is 13.2 Å². The van der Waals surface area contributed by atoms with Crippen molar-refractivity contribution in [2.24, 2.45) is 11.8 Å². The van der Waals surface area contributed by atoms with Crippen molar-refractivity contribution in [1.82, 2.24) is 0 Å². The average Bonchev–Trinajstić information content (AvgIpc) is 3.14. The first kappa shape index (κ1) is 52.4. The normalized spacial score (nSPS) is 12.1. The summed E-state index contributed by atoms with van der Waals surface area (Å²) >= 11 is 0. The van der Waals surface area contributed by atoms with Gasteiger partial charge in [-0.3, -0.25) is 14.4 Å². The molecular formula is C48H92O6. The van der Waals surface area contributed by atoms with Crippen LogP contribution in [0.3, 0.4) is 0 Å². The Bertz CT molecular complexity index is 824. The van der Waals surface area contributed by atoms with Crippen molar-refractivity contribution in [3.05, 3.63) is 0 Å². The summed E-state index contributed by atoms with van der Waals surface area (Å²) in [7, 11) is 0. The topological polar surface area (TPSA) is 78.9 Å². The Morgan fingerprint density at radius 3 is 0.907 bits per heavy atom. The van der Waals surface area contributed by atoms with Gasteiger partial charge in [0.15, 0.2) is 6.10 Å². The van der Waals surface area contributed by atoms with E-state index < -0.39 is 6.10 Å². The average molecular weight is 765 g/mol. The number of hydrogen-bond donors (Lipinski definition) is 0. The summed E-state index contributed by atoms with van der Waals surface area (Å²) in [5.74, 6) is 0.763. The predicted octanol–water partition coefficient (Wildman–Crippen LogP) is 15.0. The maximum absolute atomic E-state index is 12.7. The van der Waals surface area contributed by atoms with Gasteiger partial charge in [0.1, 0.15) is 13.2 Å². The molecular weight excluding hydrogens is 673 g/mol. The molecule has 0 aliphatic carbocycles. The fourth-order valence-electron chi connectivity index (χ4n) is 7.11. The molecule has 0 saturated heterocycles. The highest BCUT2D eigenvalue weighted by Gasteiger charge is 2.19. The highest BCUT2D eigenvalue weighted by Crippen LogP contribution is 2.17. The third kappa shape index (κ3) is 41.6. The van der Waals surface area contributed by atoms with E-state index >= 15 is 0 Å². The van der Waals surface area contributed by atoms with E-state index in [-0.39, 0.29) is 31.1 Å². The monoisotopic (exact) mass is 765 g/mol. The molecule has 0 aliphatic rings. The highest BCUT2D eigenvalue weighted by molar-refractivity contribution is 5.71. The van der Waals surface area contributed by atoms with Crippen LogP contribution in [0.25, 0.3) is 0 Å². The first-order valence-electron chi connectivity index (χ1n) is 23.7. The van der Waals surface area contributed by atoms with Gasteiger partial charge < -0.3 is 14.2 Å². The van der Waals surface area contributed by atoms with Crippen molar-refractivity contribution in [1.29, 1.82) is 0 Å². The van der Waals surface area contributed by atoms with Crippen LogP contribution in [0.4, 0.5) is 0 Å². The van der Waals surface area contributed by atoms with Gasteiger partial charge in [-0.1, -0.05) is 221 Å². The Labute approximate surface area is 336 Å². The molecule has 0 fully saturated rings. The molecule has 54 heavy (non-hydrogen) atoms. The molecule has 1 atom stereocenters. The molecule has 0 saturated carbocycles. The largest absolute Gasteiger partial charge is 0.462 e. The number of unbranched alkanes of at least 4 members (excludes halogenated alkanes) is 27. The molecule has 0 amide bonds. The Kier molecular flexibility index (Phi) is 39.8. The molecule has 0 heterocycles. The van der Waals surface area contributed by atoms with Crippen molar-refractivity contribution in [3.63, 3.8) is 0 Å². The van der Waals surface area contributed by atoms with Crippen LogP contribution < -0.4 is 0 Å². The first-order valence-corrected chi connectivity index (χ1v) is 23.7. The van der Waals surface area contributed by atoms with Crippen molar-refractivity contribution >= 4 is 17.9 Å². The number of rotatable bonds is 42. The van der Waals surface area contributed by atoms with Crippen LogP contribution in [-0.4, -0.2) is 37.2 Å². The highest BCUT2D eigenvalue weighted by atomic mass is 16.6. The molecule has 6 nitrogen and oxygen atoms in total.